The molecule has 6 heteroatoms. The number of anilines is 1. The summed E-state index contributed by atoms with van der Waals surface area (Å²) in [5.41, 5.74) is 2.19. The van der Waals surface area contributed by atoms with Crippen molar-refractivity contribution >= 4 is 23.6 Å². The number of aryl methyl sites for hydroxylation is 1. The number of carbonyl (C=O) groups excluding carboxylic acids is 1. The fourth-order valence-corrected chi connectivity index (χ4v) is 2.13. The van der Waals surface area contributed by atoms with E-state index in [1.54, 1.807) is 30.3 Å². The second-order valence-corrected chi connectivity index (χ2v) is 5.66. The zero-order valence-corrected chi connectivity index (χ0v) is 14.4. The normalized spacial score (nSPS) is 12.0. The number of aliphatic carboxylic acids is 1. The summed E-state index contributed by atoms with van der Waals surface area (Å²) in [6, 6.07) is 15.6. The zero-order valence-electron chi connectivity index (χ0n) is 14.4. The lowest BCUT2D eigenvalue weighted by Gasteiger charge is -2.10. The number of hydrogen-bond donors (Lipinski definition) is 2. The van der Waals surface area contributed by atoms with Crippen LogP contribution in [0, 0.1) is 18.3 Å². The highest BCUT2D eigenvalue weighted by atomic mass is 16.5. The summed E-state index contributed by atoms with van der Waals surface area (Å²) in [5.74, 6) is -1.17. The standard InChI is InChI=1S/C20H18N2O4/c1-13-4-3-5-17(10-13)22-19(23)16(12-21)11-15-6-8-18(9-7-15)26-14(2)20(24)25/h3-11,14H,1-2H3,(H,22,23)(H,24,25)/b16-11-/t14-/m1/s1. The number of nitriles is 1. The Kier molecular flexibility index (Phi) is 6.12. The first-order chi connectivity index (χ1) is 12.4. The van der Waals surface area contributed by atoms with Crippen molar-refractivity contribution in [2.24, 2.45) is 0 Å². The SMILES string of the molecule is Cc1cccc(NC(=O)/C(C#N)=C\c2ccc(O[C@H](C)C(=O)O)cc2)c1. The summed E-state index contributed by atoms with van der Waals surface area (Å²) in [6.45, 7) is 3.34. The molecule has 0 aliphatic rings. The van der Waals surface area contributed by atoms with Crippen molar-refractivity contribution in [3.8, 4) is 11.8 Å². The predicted octanol–water partition coefficient (Wildman–Crippen LogP) is 3.39. The number of benzene rings is 2. The Morgan fingerprint density at radius 1 is 1.23 bits per heavy atom. The third kappa shape index (κ3) is 5.21. The van der Waals surface area contributed by atoms with Crippen molar-refractivity contribution in [2.75, 3.05) is 5.32 Å². The van der Waals surface area contributed by atoms with Crippen molar-refractivity contribution < 1.29 is 19.4 Å². The molecule has 0 spiro atoms. The van der Waals surface area contributed by atoms with Crippen LogP contribution in [-0.4, -0.2) is 23.1 Å². The van der Waals surface area contributed by atoms with Gasteiger partial charge >= 0.3 is 5.97 Å². The highest BCUT2D eigenvalue weighted by molar-refractivity contribution is 6.09. The number of carboxylic acid groups (broad SMARTS) is 1. The van der Waals surface area contributed by atoms with Gasteiger partial charge in [0.15, 0.2) is 6.10 Å². The van der Waals surface area contributed by atoms with E-state index in [4.69, 9.17) is 9.84 Å². The molecule has 0 bridgehead atoms. The van der Waals surface area contributed by atoms with Crippen LogP contribution in [-0.2, 0) is 9.59 Å². The molecule has 26 heavy (non-hydrogen) atoms. The maximum Gasteiger partial charge on any atom is 0.344 e. The van der Waals surface area contributed by atoms with Crippen molar-refractivity contribution in [2.45, 2.75) is 20.0 Å². The van der Waals surface area contributed by atoms with E-state index < -0.39 is 18.0 Å². The number of nitrogens with zero attached hydrogens (tertiary/aromatic N) is 1. The van der Waals surface area contributed by atoms with Gasteiger partial charge in [-0.05, 0) is 55.3 Å². The molecule has 2 N–H and O–H groups in total. The van der Waals surface area contributed by atoms with Gasteiger partial charge in [-0.15, -0.1) is 0 Å². The van der Waals surface area contributed by atoms with Gasteiger partial charge in [-0.2, -0.15) is 5.26 Å². The van der Waals surface area contributed by atoms with E-state index in [1.807, 2.05) is 31.2 Å². The van der Waals surface area contributed by atoms with E-state index in [0.29, 0.717) is 17.0 Å². The van der Waals surface area contributed by atoms with Crippen LogP contribution in [0.1, 0.15) is 18.1 Å². The number of hydrogen-bond acceptors (Lipinski definition) is 4. The lowest BCUT2D eigenvalue weighted by Crippen LogP contribution is -2.22. The number of carboxylic acids is 1. The van der Waals surface area contributed by atoms with Crippen LogP contribution in [0.3, 0.4) is 0 Å². The van der Waals surface area contributed by atoms with Gasteiger partial charge in [0.2, 0.25) is 0 Å². The number of carbonyl (C=O) groups is 2. The van der Waals surface area contributed by atoms with E-state index in [1.165, 1.54) is 13.0 Å². The first kappa shape index (κ1) is 18.7. The smallest absolute Gasteiger partial charge is 0.344 e. The van der Waals surface area contributed by atoms with Crippen LogP contribution in [0.2, 0.25) is 0 Å². The molecule has 0 aromatic heterocycles. The first-order valence-electron chi connectivity index (χ1n) is 7.88. The lowest BCUT2D eigenvalue weighted by atomic mass is 10.1. The number of nitrogens with one attached hydrogen (secondary N) is 1. The Balaban J connectivity index is 2.11. The summed E-state index contributed by atoms with van der Waals surface area (Å²) in [6.07, 6.45) is 0.487. The van der Waals surface area contributed by atoms with Crippen LogP contribution in [0.5, 0.6) is 5.75 Å². The maximum atomic E-state index is 12.3. The van der Waals surface area contributed by atoms with E-state index in [0.717, 1.165) is 5.56 Å². The molecule has 0 unspecified atom stereocenters. The van der Waals surface area contributed by atoms with Crippen LogP contribution in [0.15, 0.2) is 54.1 Å². The van der Waals surface area contributed by atoms with Crippen molar-refractivity contribution in [3.05, 3.63) is 65.2 Å². The molecular weight excluding hydrogens is 332 g/mol. The maximum absolute atomic E-state index is 12.3. The van der Waals surface area contributed by atoms with Gasteiger partial charge in [-0.25, -0.2) is 4.79 Å². The third-order valence-corrected chi connectivity index (χ3v) is 3.49. The first-order valence-corrected chi connectivity index (χ1v) is 7.88. The molecule has 1 atom stereocenters. The molecule has 0 heterocycles. The molecule has 0 fully saturated rings. The molecule has 0 saturated heterocycles. The summed E-state index contributed by atoms with van der Waals surface area (Å²) in [4.78, 5) is 23.0. The lowest BCUT2D eigenvalue weighted by molar-refractivity contribution is -0.144. The Morgan fingerprint density at radius 2 is 1.92 bits per heavy atom. The Hall–Kier alpha value is -3.59. The number of ether oxygens (including phenoxy) is 1. The largest absolute Gasteiger partial charge is 0.479 e. The minimum Gasteiger partial charge on any atom is -0.479 e. The van der Waals surface area contributed by atoms with E-state index >= 15 is 0 Å². The highest BCUT2D eigenvalue weighted by Gasteiger charge is 2.12. The molecule has 132 valence electrons. The van der Waals surface area contributed by atoms with Gasteiger partial charge in [0.25, 0.3) is 5.91 Å². The molecular formula is C20H18N2O4. The van der Waals surface area contributed by atoms with Gasteiger partial charge in [0, 0.05) is 5.69 Å². The van der Waals surface area contributed by atoms with Gasteiger partial charge in [0.05, 0.1) is 0 Å². The van der Waals surface area contributed by atoms with Crippen LogP contribution in [0.25, 0.3) is 6.08 Å². The van der Waals surface area contributed by atoms with Crippen LogP contribution in [0.4, 0.5) is 5.69 Å². The third-order valence-electron chi connectivity index (χ3n) is 3.49. The molecule has 0 saturated carbocycles. The van der Waals surface area contributed by atoms with Crippen molar-refractivity contribution in [1.29, 1.82) is 5.26 Å². The molecule has 2 aromatic carbocycles. The van der Waals surface area contributed by atoms with E-state index in [9.17, 15) is 14.9 Å². The second kappa shape index (κ2) is 8.49. The Labute approximate surface area is 151 Å². The quantitative estimate of drug-likeness (QED) is 0.614. The molecule has 0 radical (unpaired) electrons. The average Bonchev–Trinajstić information content (AvgIpc) is 2.60. The summed E-state index contributed by atoms with van der Waals surface area (Å²) >= 11 is 0. The summed E-state index contributed by atoms with van der Waals surface area (Å²) in [5, 5.41) is 20.8. The van der Waals surface area contributed by atoms with E-state index in [2.05, 4.69) is 5.32 Å². The highest BCUT2D eigenvalue weighted by Crippen LogP contribution is 2.17. The van der Waals surface area contributed by atoms with Gasteiger partial charge in [0.1, 0.15) is 17.4 Å². The molecule has 1 amide bonds. The monoisotopic (exact) mass is 350 g/mol. The molecule has 2 rings (SSSR count). The van der Waals surface area contributed by atoms with Gasteiger partial charge in [-0.3, -0.25) is 4.79 Å². The van der Waals surface area contributed by atoms with Crippen LogP contribution >= 0.6 is 0 Å². The van der Waals surface area contributed by atoms with Crippen LogP contribution < -0.4 is 10.1 Å². The van der Waals surface area contributed by atoms with Crippen molar-refractivity contribution in [1.82, 2.24) is 0 Å². The Bertz CT molecular complexity index is 879. The van der Waals surface area contributed by atoms with Gasteiger partial charge in [-0.1, -0.05) is 24.3 Å². The number of amides is 1. The second-order valence-electron chi connectivity index (χ2n) is 5.66. The average molecular weight is 350 g/mol. The summed E-state index contributed by atoms with van der Waals surface area (Å²) < 4.78 is 5.24. The predicted molar refractivity (Wildman–Crippen MR) is 97.6 cm³/mol. The molecule has 0 aliphatic heterocycles. The number of rotatable bonds is 6. The fraction of sp³-hybridized carbons (Fsp3) is 0.150. The summed E-state index contributed by atoms with van der Waals surface area (Å²) in [7, 11) is 0. The molecule has 0 aliphatic carbocycles. The minimum atomic E-state index is -1.06. The molecule has 6 nitrogen and oxygen atoms in total. The van der Waals surface area contributed by atoms with Crippen molar-refractivity contribution in [3.63, 3.8) is 0 Å². The van der Waals surface area contributed by atoms with Gasteiger partial charge < -0.3 is 15.2 Å². The molecule has 2 aromatic rings. The van der Waals surface area contributed by atoms with E-state index in [-0.39, 0.29) is 5.57 Å². The topological polar surface area (TPSA) is 99.4 Å². The Morgan fingerprint density at radius 3 is 2.50 bits per heavy atom. The minimum absolute atomic E-state index is 0.0425. The zero-order chi connectivity index (χ0) is 19.1. The fourth-order valence-electron chi connectivity index (χ4n) is 2.13.